The molecule has 1 aliphatic rings. The standard InChI is InChI=1S/C21H19ClF5N7O5/c1-9(29-19(37)38)7-39-12-3-10(6-32(16(12)35)17(23)24)30-18(36)33-8-20(2,21(25,26)27)15-11(33)5-28-14-4-13(22)31-34(14)15/h3-6,9,17,29H,7-8H2,1-2H3,(H,30,36)(H,37,38)/t9-,20-/m1/s1. The number of ether oxygens (including phenoxy) is 1. The zero-order chi connectivity index (χ0) is 28.9. The average molecular weight is 580 g/mol. The van der Waals surface area contributed by atoms with Crippen LogP contribution in [0.5, 0.6) is 5.75 Å². The number of halogens is 6. The summed E-state index contributed by atoms with van der Waals surface area (Å²) in [6.45, 7) is -2.46. The minimum Gasteiger partial charge on any atom is -0.486 e. The van der Waals surface area contributed by atoms with E-state index in [1.165, 1.54) is 13.0 Å². The molecular formula is C21H19ClF5N7O5. The first-order valence-corrected chi connectivity index (χ1v) is 11.4. The molecule has 1 aliphatic heterocycles. The van der Waals surface area contributed by atoms with E-state index in [0.29, 0.717) is 11.1 Å². The van der Waals surface area contributed by atoms with Crippen molar-refractivity contribution in [1.29, 1.82) is 0 Å². The van der Waals surface area contributed by atoms with Crippen LogP contribution in [0.15, 0.2) is 29.3 Å². The van der Waals surface area contributed by atoms with Gasteiger partial charge in [-0.2, -0.15) is 27.1 Å². The summed E-state index contributed by atoms with van der Waals surface area (Å²) in [6, 6.07) is 0.126. The van der Waals surface area contributed by atoms with Crippen LogP contribution in [0.25, 0.3) is 5.65 Å². The van der Waals surface area contributed by atoms with Crippen LogP contribution < -0.4 is 25.8 Å². The maximum Gasteiger partial charge on any atom is 0.404 e. The van der Waals surface area contributed by atoms with Crippen LogP contribution in [-0.4, -0.2) is 61.8 Å². The van der Waals surface area contributed by atoms with Crippen LogP contribution in [0.1, 0.15) is 26.1 Å². The molecule has 3 amide bonds. The lowest BCUT2D eigenvalue weighted by Gasteiger charge is -2.28. The van der Waals surface area contributed by atoms with Crippen LogP contribution in [0.4, 0.5) is 42.9 Å². The fourth-order valence-corrected chi connectivity index (χ4v) is 4.22. The summed E-state index contributed by atoms with van der Waals surface area (Å²) in [7, 11) is 0. The number of pyridine rings is 1. The molecule has 3 aromatic rings. The van der Waals surface area contributed by atoms with Gasteiger partial charge in [0.25, 0.3) is 5.56 Å². The van der Waals surface area contributed by atoms with E-state index in [0.717, 1.165) is 23.7 Å². The molecule has 0 radical (unpaired) electrons. The van der Waals surface area contributed by atoms with Crippen molar-refractivity contribution in [3.63, 3.8) is 0 Å². The Morgan fingerprint density at radius 2 is 2.00 bits per heavy atom. The van der Waals surface area contributed by atoms with E-state index in [9.17, 15) is 36.3 Å². The third-order valence-electron chi connectivity index (χ3n) is 5.92. The van der Waals surface area contributed by atoms with E-state index in [4.69, 9.17) is 21.4 Å². The maximum absolute atomic E-state index is 14.3. The van der Waals surface area contributed by atoms with E-state index in [-0.39, 0.29) is 21.1 Å². The van der Waals surface area contributed by atoms with Crippen molar-refractivity contribution in [2.45, 2.75) is 38.0 Å². The van der Waals surface area contributed by atoms with E-state index in [2.05, 4.69) is 15.4 Å². The fraction of sp³-hybridized carbons (Fsp3) is 0.381. The summed E-state index contributed by atoms with van der Waals surface area (Å²) in [4.78, 5) is 41.0. The minimum atomic E-state index is -4.85. The van der Waals surface area contributed by atoms with Gasteiger partial charge in [-0.25, -0.2) is 19.1 Å². The molecule has 0 aliphatic carbocycles. The lowest BCUT2D eigenvalue weighted by atomic mass is 9.88. The Morgan fingerprint density at radius 3 is 2.62 bits per heavy atom. The Bertz CT molecular complexity index is 1510. The zero-order valence-corrected chi connectivity index (χ0v) is 20.7. The highest BCUT2D eigenvalue weighted by molar-refractivity contribution is 6.29. The van der Waals surface area contributed by atoms with Crippen molar-refractivity contribution >= 4 is 40.7 Å². The van der Waals surface area contributed by atoms with Crippen molar-refractivity contribution < 1.29 is 41.4 Å². The van der Waals surface area contributed by atoms with Crippen molar-refractivity contribution in [3.8, 4) is 5.75 Å². The predicted molar refractivity (Wildman–Crippen MR) is 126 cm³/mol. The monoisotopic (exact) mass is 579 g/mol. The number of carbonyl (C=O) groups excluding carboxylic acids is 1. The quantitative estimate of drug-likeness (QED) is 0.376. The number of rotatable bonds is 6. The van der Waals surface area contributed by atoms with Crippen LogP contribution in [0.3, 0.4) is 0 Å². The van der Waals surface area contributed by atoms with Crippen LogP contribution in [0, 0.1) is 0 Å². The van der Waals surface area contributed by atoms with Gasteiger partial charge in [-0.3, -0.25) is 14.3 Å². The second-order valence-electron chi connectivity index (χ2n) is 8.82. The molecule has 39 heavy (non-hydrogen) atoms. The molecule has 3 aromatic heterocycles. The van der Waals surface area contributed by atoms with Gasteiger partial charge in [-0.1, -0.05) is 11.6 Å². The molecule has 0 bridgehead atoms. The summed E-state index contributed by atoms with van der Waals surface area (Å²) in [5.74, 6) is -0.663. The van der Waals surface area contributed by atoms with Gasteiger partial charge in [0.1, 0.15) is 12.0 Å². The number of amides is 3. The summed E-state index contributed by atoms with van der Waals surface area (Å²) < 4.78 is 75.8. The molecule has 0 saturated heterocycles. The molecule has 210 valence electrons. The second-order valence-corrected chi connectivity index (χ2v) is 9.21. The van der Waals surface area contributed by atoms with E-state index >= 15 is 0 Å². The highest BCUT2D eigenvalue weighted by Gasteiger charge is 2.60. The molecule has 4 rings (SSSR count). The van der Waals surface area contributed by atoms with Crippen LogP contribution >= 0.6 is 11.6 Å². The third kappa shape index (κ3) is 5.13. The van der Waals surface area contributed by atoms with Crippen molar-refractivity contribution in [3.05, 3.63) is 45.7 Å². The Balaban J connectivity index is 1.69. The van der Waals surface area contributed by atoms with Gasteiger partial charge in [0.15, 0.2) is 16.5 Å². The molecule has 0 unspecified atom stereocenters. The number of nitrogens with one attached hydrogen (secondary N) is 2. The lowest BCUT2D eigenvalue weighted by Crippen LogP contribution is -2.46. The zero-order valence-electron chi connectivity index (χ0n) is 20.0. The number of alkyl halides is 5. The number of carbonyl (C=O) groups is 2. The number of fused-ring (bicyclic) bond motifs is 3. The van der Waals surface area contributed by atoms with Gasteiger partial charge in [0.05, 0.1) is 29.3 Å². The normalized spacial score (nSPS) is 17.8. The number of urea groups is 1. The van der Waals surface area contributed by atoms with Crippen LogP contribution in [-0.2, 0) is 5.41 Å². The Morgan fingerprint density at radius 1 is 1.31 bits per heavy atom. The van der Waals surface area contributed by atoms with Gasteiger partial charge < -0.3 is 20.5 Å². The lowest BCUT2D eigenvalue weighted by molar-refractivity contribution is -0.181. The maximum atomic E-state index is 14.3. The number of carboxylic acid groups (broad SMARTS) is 1. The number of anilines is 2. The first-order chi connectivity index (χ1) is 18.1. The first-order valence-electron chi connectivity index (χ1n) is 11.0. The molecular weight excluding hydrogens is 561 g/mol. The molecule has 2 atom stereocenters. The van der Waals surface area contributed by atoms with Crippen LogP contribution in [0.2, 0.25) is 5.15 Å². The smallest absolute Gasteiger partial charge is 0.404 e. The van der Waals surface area contributed by atoms with Crippen molar-refractivity contribution in [1.82, 2.24) is 24.5 Å². The first kappa shape index (κ1) is 27.9. The number of hydrogen-bond donors (Lipinski definition) is 3. The summed E-state index contributed by atoms with van der Waals surface area (Å²) >= 11 is 5.86. The highest BCUT2D eigenvalue weighted by atomic mass is 35.5. The molecule has 18 heteroatoms. The predicted octanol–water partition coefficient (Wildman–Crippen LogP) is 3.85. The Hall–Kier alpha value is -4.15. The topological polar surface area (TPSA) is 143 Å². The third-order valence-corrected chi connectivity index (χ3v) is 6.11. The second kappa shape index (κ2) is 9.87. The SMILES string of the molecule is C[C@H](COc1cc(NC(=O)N2C[C@@](C)(C(F)(F)F)c3c2cnc2cc(Cl)nn32)cn(C(F)F)c1=O)NC(=O)O. The molecule has 12 nitrogen and oxygen atoms in total. The van der Waals surface area contributed by atoms with Gasteiger partial charge in [0, 0.05) is 24.9 Å². The fourth-order valence-electron chi connectivity index (χ4n) is 4.04. The van der Waals surface area contributed by atoms with Gasteiger partial charge >= 0.3 is 24.9 Å². The molecule has 3 N–H and O–H groups in total. The van der Waals surface area contributed by atoms with Crippen molar-refractivity contribution in [2.24, 2.45) is 0 Å². The summed E-state index contributed by atoms with van der Waals surface area (Å²) in [5.41, 5.74) is -4.97. The Kier molecular flexibility index (Phi) is 7.05. The van der Waals surface area contributed by atoms with Gasteiger partial charge in [-0.15, -0.1) is 0 Å². The summed E-state index contributed by atoms with van der Waals surface area (Å²) in [5, 5.41) is 16.7. The molecule has 0 spiro atoms. The number of aromatic nitrogens is 4. The number of hydrogen-bond acceptors (Lipinski definition) is 6. The van der Waals surface area contributed by atoms with Gasteiger partial charge in [-0.05, 0) is 13.8 Å². The largest absolute Gasteiger partial charge is 0.486 e. The van der Waals surface area contributed by atoms with Crippen molar-refractivity contribution in [2.75, 3.05) is 23.4 Å². The highest BCUT2D eigenvalue weighted by Crippen LogP contribution is 2.50. The van der Waals surface area contributed by atoms with E-state index in [1.807, 2.05) is 5.32 Å². The molecule has 0 aromatic carbocycles. The van der Waals surface area contributed by atoms with E-state index < -0.39 is 72.1 Å². The van der Waals surface area contributed by atoms with Gasteiger partial charge in [0.2, 0.25) is 0 Å². The Labute approximate surface area is 219 Å². The molecule has 0 saturated carbocycles. The summed E-state index contributed by atoms with van der Waals surface area (Å²) in [6.07, 6.45) is -4.62. The average Bonchev–Trinajstić information content (AvgIpc) is 3.35. The molecule has 4 heterocycles. The van der Waals surface area contributed by atoms with E-state index in [1.54, 1.807) is 0 Å². The number of nitrogens with zero attached hydrogens (tertiary/aromatic N) is 5. The molecule has 0 fully saturated rings. The minimum absolute atomic E-state index is 0.00824.